The Bertz CT molecular complexity index is 942. The van der Waals surface area contributed by atoms with Crippen LogP contribution in [0.5, 0.6) is 0 Å². The quantitative estimate of drug-likeness (QED) is 0.725. The van der Waals surface area contributed by atoms with Crippen LogP contribution in [0.1, 0.15) is 18.9 Å². The molecule has 0 aliphatic carbocycles. The summed E-state index contributed by atoms with van der Waals surface area (Å²) in [5, 5.41) is 9.14. The second-order valence-corrected chi connectivity index (χ2v) is 7.72. The third-order valence-corrected chi connectivity index (χ3v) is 6.33. The standard InChI is InChI=1S/C16H17N5O2S/c22-24(23,15-5-1-3-13-4-2-8-17-16(13)15)20-11-6-14(7-12-20)21-18-9-10-19-21/h1-5,8-10,14H,6-7,11-12H2. The first-order chi connectivity index (χ1) is 11.7. The van der Waals surface area contributed by atoms with E-state index < -0.39 is 10.0 Å². The molecule has 0 N–H and O–H groups in total. The number of rotatable bonds is 3. The summed E-state index contributed by atoms with van der Waals surface area (Å²) >= 11 is 0. The maximum atomic E-state index is 13.0. The Morgan fingerprint density at radius 3 is 2.42 bits per heavy atom. The van der Waals surface area contributed by atoms with Gasteiger partial charge in [-0.15, -0.1) is 0 Å². The molecule has 124 valence electrons. The summed E-state index contributed by atoms with van der Waals surface area (Å²) in [6, 6.07) is 9.09. The topological polar surface area (TPSA) is 81.0 Å². The number of fused-ring (bicyclic) bond motifs is 1. The lowest BCUT2D eigenvalue weighted by molar-refractivity contribution is 0.245. The largest absolute Gasteiger partial charge is 0.255 e. The first kappa shape index (κ1) is 15.2. The lowest BCUT2D eigenvalue weighted by Crippen LogP contribution is -2.39. The van der Waals surface area contributed by atoms with Gasteiger partial charge in [-0.25, -0.2) is 8.42 Å². The summed E-state index contributed by atoms with van der Waals surface area (Å²) in [5.74, 6) is 0. The van der Waals surface area contributed by atoms with E-state index in [1.807, 2.05) is 12.1 Å². The van der Waals surface area contributed by atoms with Crippen LogP contribution >= 0.6 is 0 Å². The second kappa shape index (κ2) is 5.95. The Labute approximate surface area is 140 Å². The van der Waals surface area contributed by atoms with Crippen LogP contribution in [0.4, 0.5) is 0 Å². The Hall–Kier alpha value is -2.32. The highest BCUT2D eigenvalue weighted by molar-refractivity contribution is 7.89. The van der Waals surface area contributed by atoms with Crippen molar-refractivity contribution in [3.63, 3.8) is 0 Å². The second-order valence-electron chi connectivity index (χ2n) is 5.82. The minimum Gasteiger partial charge on any atom is -0.255 e. The third-order valence-electron chi connectivity index (χ3n) is 4.40. The summed E-state index contributed by atoms with van der Waals surface area (Å²) in [7, 11) is -3.56. The van der Waals surface area contributed by atoms with Crippen molar-refractivity contribution < 1.29 is 8.42 Å². The van der Waals surface area contributed by atoms with Gasteiger partial charge in [0.1, 0.15) is 4.90 Å². The SMILES string of the molecule is O=S(=O)(c1cccc2cccnc12)N1CCC(n2nccn2)CC1. The van der Waals surface area contributed by atoms with E-state index in [0.717, 1.165) is 5.39 Å². The van der Waals surface area contributed by atoms with Crippen molar-refractivity contribution >= 4 is 20.9 Å². The Morgan fingerprint density at radius 1 is 0.958 bits per heavy atom. The summed E-state index contributed by atoms with van der Waals surface area (Å²) < 4.78 is 27.6. The highest BCUT2D eigenvalue weighted by Gasteiger charge is 2.31. The molecule has 0 amide bonds. The Balaban J connectivity index is 1.62. The monoisotopic (exact) mass is 343 g/mol. The molecule has 1 aliphatic heterocycles. The number of hydrogen-bond acceptors (Lipinski definition) is 5. The van der Waals surface area contributed by atoms with Crippen LogP contribution in [-0.2, 0) is 10.0 Å². The summed E-state index contributed by atoms with van der Waals surface area (Å²) in [6.45, 7) is 0.912. The number of aromatic nitrogens is 4. The highest BCUT2D eigenvalue weighted by atomic mass is 32.2. The van der Waals surface area contributed by atoms with Crippen LogP contribution in [0.3, 0.4) is 0 Å². The van der Waals surface area contributed by atoms with Crippen molar-refractivity contribution in [2.45, 2.75) is 23.8 Å². The van der Waals surface area contributed by atoms with Gasteiger partial charge in [0, 0.05) is 24.7 Å². The fourth-order valence-electron chi connectivity index (χ4n) is 3.15. The number of piperidine rings is 1. The van der Waals surface area contributed by atoms with Crippen molar-refractivity contribution in [3.8, 4) is 0 Å². The average molecular weight is 343 g/mol. The molecule has 0 radical (unpaired) electrons. The molecule has 1 aromatic carbocycles. The maximum Gasteiger partial charge on any atom is 0.245 e. The van der Waals surface area contributed by atoms with Gasteiger partial charge in [0.05, 0.1) is 24.0 Å². The van der Waals surface area contributed by atoms with Crippen molar-refractivity contribution in [1.82, 2.24) is 24.3 Å². The lowest BCUT2D eigenvalue weighted by Gasteiger charge is -2.30. The molecule has 0 spiro atoms. The summed E-state index contributed by atoms with van der Waals surface area (Å²) in [6.07, 6.45) is 6.31. The van der Waals surface area contributed by atoms with E-state index in [1.54, 1.807) is 41.6 Å². The molecular weight excluding hydrogens is 326 g/mol. The molecule has 0 saturated carbocycles. The van der Waals surface area contributed by atoms with Crippen LogP contribution in [-0.4, -0.2) is 45.8 Å². The van der Waals surface area contributed by atoms with Gasteiger partial charge in [-0.1, -0.05) is 18.2 Å². The van der Waals surface area contributed by atoms with Gasteiger partial charge in [0.15, 0.2) is 0 Å². The minimum atomic E-state index is -3.56. The van der Waals surface area contributed by atoms with E-state index in [1.165, 1.54) is 4.31 Å². The normalized spacial score (nSPS) is 17.3. The number of hydrogen-bond donors (Lipinski definition) is 0. The number of sulfonamides is 1. The minimum absolute atomic E-state index is 0.150. The number of para-hydroxylation sites is 1. The summed E-state index contributed by atoms with van der Waals surface area (Å²) in [4.78, 5) is 6.21. The van der Waals surface area contributed by atoms with Crippen molar-refractivity contribution in [1.29, 1.82) is 0 Å². The van der Waals surface area contributed by atoms with E-state index in [0.29, 0.717) is 31.4 Å². The molecule has 0 atom stereocenters. The number of benzene rings is 1. The molecule has 1 aliphatic rings. The maximum absolute atomic E-state index is 13.0. The van der Waals surface area contributed by atoms with Crippen LogP contribution in [0, 0.1) is 0 Å². The molecule has 3 aromatic rings. The predicted octanol–water partition coefficient (Wildman–Crippen LogP) is 1.85. The van der Waals surface area contributed by atoms with Gasteiger partial charge >= 0.3 is 0 Å². The van der Waals surface area contributed by atoms with E-state index >= 15 is 0 Å². The van der Waals surface area contributed by atoms with Crippen molar-refractivity contribution in [2.24, 2.45) is 0 Å². The molecule has 4 rings (SSSR count). The van der Waals surface area contributed by atoms with Crippen LogP contribution in [0.25, 0.3) is 10.9 Å². The molecule has 0 bridgehead atoms. The zero-order chi connectivity index (χ0) is 16.6. The fraction of sp³-hybridized carbons (Fsp3) is 0.312. The molecule has 24 heavy (non-hydrogen) atoms. The molecule has 2 aromatic heterocycles. The van der Waals surface area contributed by atoms with E-state index in [2.05, 4.69) is 15.2 Å². The van der Waals surface area contributed by atoms with Crippen molar-refractivity contribution in [2.75, 3.05) is 13.1 Å². The van der Waals surface area contributed by atoms with Gasteiger partial charge in [0.25, 0.3) is 0 Å². The number of nitrogens with zero attached hydrogens (tertiary/aromatic N) is 5. The first-order valence-corrected chi connectivity index (χ1v) is 9.30. The van der Waals surface area contributed by atoms with Gasteiger partial charge in [0.2, 0.25) is 10.0 Å². The first-order valence-electron chi connectivity index (χ1n) is 7.86. The summed E-state index contributed by atoms with van der Waals surface area (Å²) in [5.41, 5.74) is 0.524. The zero-order valence-electron chi connectivity index (χ0n) is 13.0. The average Bonchev–Trinajstić information content (AvgIpc) is 3.16. The molecular formula is C16H17N5O2S. The zero-order valence-corrected chi connectivity index (χ0v) is 13.8. The fourth-order valence-corrected chi connectivity index (χ4v) is 4.79. The molecule has 3 heterocycles. The molecule has 7 nitrogen and oxygen atoms in total. The highest BCUT2D eigenvalue weighted by Crippen LogP contribution is 2.28. The smallest absolute Gasteiger partial charge is 0.245 e. The third kappa shape index (κ3) is 2.57. The lowest BCUT2D eigenvalue weighted by atomic mass is 10.1. The number of pyridine rings is 1. The van der Waals surface area contributed by atoms with E-state index in [9.17, 15) is 8.42 Å². The van der Waals surface area contributed by atoms with Gasteiger partial charge in [-0.2, -0.15) is 19.3 Å². The molecule has 1 fully saturated rings. The van der Waals surface area contributed by atoms with Crippen LogP contribution < -0.4 is 0 Å². The van der Waals surface area contributed by atoms with Gasteiger partial charge in [-0.3, -0.25) is 4.98 Å². The van der Waals surface area contributed by atoms with E-state index in [-0.39, 0.29) is 10.9 Å². The van der Waals surface area contributed by atoms with Gasteiger partial charge < -0.3 is 0 Å². The Kier molecular flexibility index (Phi) is 3.78. The van der Waals surface area contributed by atoms with Gasteiger partial charge in [-0.05, 0) is 25.0 Å². The van der Waals surface area contributed by atoms with Crippen LogP contribution in [0.15, 0.2) is 53.8 Å². The van der Waals surface area contributed by atoms with Crippen molar-refractivity contribution in [3.05, 3.63) is 48.9 Å². The molecule has 0 unspecified atom stereocenters. The molecule has 1 saturated heterocycles. The predicted molar refractivity (Wildman–Crippen MR) is 88.8 cm³/mol. The molecule has 8 heteroatoms. The van der Waals surface area contributed by atoms with Crippen LogP contribution in [0.2, 0.25) is 0 Å². The Morgan fingerprint density at radius 2 is 1.67 bits per heavy atom. The van der Waals surface area contributed by atoms with E-state index in [4.69, 9.17) is 0 Å².